The minimum absolute atomic E-state index is 0.240. The highest BCUT2D eigenvalue weighted by Gasteiger charge is 2.20. The highest BCUT2D eigenvalue weighted by Crippen LogP contribution is 2.35. The number of esters is 1. The molecule has 0 aliphatic carbocycles. The molecule has 0 aliphatic heterocycles. The summed E-state index contributed by atoms with van der Waals surface area (Å²) in [6.45, 7) is 3.09. The van der Waals surface area contributed by atoms with Gasteiger partial charge in [0.05, 0.1) is 13.2 Å². The van der Waals surface area contributed by atoms with E-state index in [-0.39, 0.29) is 13.0 Å². The predicted molar refractivity (Wildman–Crippen MR) is 109 cm³/mol. The molecular formula is C19H41O8P. The first-order valence-electron chi connectivity index (χ1n) is 10.4. The van der Waals surface area contributed by atoms with Crippen LogP contribution in [0.2, 0.25) is 0 Å². The van der Waals surface area contributed by atoms with E-state index in [1.807, 2.05) is 0 Å². The average molecular weight is 429 g/mol. The lowest BCUT2D eigenvalue weighted by Gasteiger charge is -2.15. The summed E-state index contributed by atoms with van der Waals surface area (Å²) in [6, 6.07) is 0. The van der Waals surface area contributed by atoms with Crippen LogP contribution in [-0.4, -0.2) is 51.9 Å². The van der Waals surface area contributed by atoms with Crippen LogP contribution in [0.3, 0.4) is 0 Å². The molecule has 0 rings (SSSR count). The number of aliphatic hydroxyl groups is 2. The fourth-order valence-electron chi connectivity index (χ4n) is 2.48. The number of carbonyl (C=O) groups is 1. The Morgan fingerprint density at radius 1 is 0.857 bits per heavy atom. The average Bonchev–Trinajstić information content (AvgIpc) is 2.63. The van der Waals surface area contributed by atoms with Crippen molar-refractivity contribution in [2.75, 3.05) is 19.8 Å². The van der Waals surface area contributed by atoms with Crippen molar-refractivity contribution in [2.45, 2.75) is 97.0 Å². The Hall–Kier alpha value is -0.500. The van der Waals surface area contributed by atoms with E-state index < -0.39 is 33.1 Å². The number of carbonyl (C=O) groups excluding carboxylic acids is 1. The van der Waals surface area contributed by atoms with Gasteiger partial charge in [-0.3, -0.25) is 9.32 Å². The summed E-state index contributed by atoms with van der Waals surface area (Å²) in [7, 11) is -4.63. The van der Waals surface area contributed by atoms with Crippen LogP contribution >= 0.6 is 7.82 Å². The Labute approximate surface area is 169 Å². The largest absolute Gasteiger partial charge is 0.469 e. The summed E-state index contributed by atoms with van der Waals surface area (Å²) in [5.74, 6) is -0.482. The first-order chi connectivity index (χ1) is 13.3. The molecule has 0 radical (unpaired) electrons. The van der Waals surface area contributed by atoms with Gasteiger partial charge in [-0.2, -0.15) is 0 Å². The highest BCUT2D eigenvalue weighted by molar-refractivity contribution is 7.46. The third kappa shape index (κ3) is 25.5. The van der Waals surface area contributed by atoms with Crippen molar-refractivity contribution in [1.82, 2.24) is 0 Å². The molecule has 9 heteroatoms. The normalized spacial score (nSPS) is 12.2. The van der Waals surface area contributed by atoms with E-state index in [1.165, 1.54) is 51.4 Å². The fraction of sp³-hybridized carbons (Fsp3) is 0.947. The van der Waals surface area contributed by atoms with Gasteiger partial charge < -0.3 is 24.7 Å². The van der Waals surface area contributed by atoms with Crippen LogP contribution in [0.4, 0.5) is 0 Å². The van der Waals surface area contributed by atoms with Crippen molar-refractivity contribution >= 4 is 13.8 Å². The summed E-state index contributed by atoms with van der Waals surface area (Å²) in [6.07, 6.45) is 12.2. The van der Waals surface area contributed by atoms with Gasteiger partial charge in [-0.25, -0.2) is 4.57 Å². The van der Waals surface area contributed by atoms with Crippen LogP contribution in [0.15, 0.2) is 0 Å². The number of ether oxygens (including phenoxy) is 1. The lowest BCUT2D eigenvalue weighted by Crippen LogP contribution is -2.26. The second-order valence-electron chi connectivity index (χ2n) is 6.68. The van der Waals surface area contributed by atoms with Crippen molar-refractivity contribution in [3.8, 4) is 0 Å². The van der Waals surface area contributed by atoms with E-state index in [4.69, 9.17) is 24.7 Å². The number of hydrogen-bond donors (Lipinski definition) is 4. The molecule has 4 N–H and O–H groups in total. The summed E-state index contributed by atoms with van der Waals surface area (Å²) < 4.78 is 19.7. The Bertz CT molecular complexity index is 386. The first kappa shape index (κ1) is 29.7. The maximum atomic E-state index is 11.6. The van der Waals surface area contributed by atoms with Gasteiger partial charge >= 0.3 is 13.8 Å². The van der Waals surface area contributed by atoms with Gasteiger partial charge in [-0.15, -0.1) is 0 Å². The molecule has 0 saturated heterocycles. The second-order valence-corrected chi connectivity index (χ2v) is 7.92. The molecule has 1 unspecified atom stereocenters. The fourth-order valence-corrected chi connectivity index (χ4v) is 2.84. The Balaban J connectivity index is 0. The van der Waals surface area contributed by atoms with Gasteiger partial charge in [-0.05, 0) is 13.3 Å². The number of unbranched alkanes of at least 4 members (excludes halogenated alkanes) is 10. The quantitative estimate of drug-likeness (QED) is 0.157. The van der Waals surface area contributed by atoms with Gasteiger partial charge in [0.15, 0.2) is 0 Å². The van der Waals surface area contributed by atoms with Crippen LogP contribution in [0, 0.1) is 0 Å². The Morgan fingerprint density at radius 2 is 1.29 bits per heavy atom. The van der Waals surface area contributed by atoms with Crippen LogP contribution in [0.25, 0.3) is 0 Å². The van der Waals surface area contributed by atoms with Crippen molar-refractivity contribution in [1.29, 1.82) is 0 Å². The molecule has 0 aromatic heterocycles. The molecule has 0 aliphatic rings. The van der Waals surface area contributed by atoms with Crippen LogP contribution < -0.4 is 0 Å². The summed E-state index contributed by atoms with van der Waals surface area (Å²) >= 11 is 0. The summed E-state index contributed by atoms with van der Waals surface area (Å²) in [5, 5.41) is 16.6. The molecule has 170 valence electrons. The van der Waals surface area contributed by atoms with Crippen LogP contribution in [-0.2, 0) is 18.6 Å². The van der Waals surface area contributed by atoms with E-state index in [2.05, 4.69) is 11.4 Å². The van der Waals surface area contributed by atoms with E-state index in [0.29, 0.717) is 6.42 Å². The number of phosphoric ester groups is 1. The molecule has 0 aromatic rings. The smallest absolute Gasteiger partial charge is 0.457 e. The molecule has 0 aromatic carbocycles. The number of rotatable bonds is 17. The first-order valence-corrected chi connectivity index (χ1v) is 11.9. The third-order valence-electron chi connectivity index (χ3n) is 3.91. The van der Waals surface area contributed by atoms with E-state index in [1.54, 1.807) is 6.92 Å². The van der Waals surface area contributed by atoms with Gasteiger partial charge in [0.25, 0.3) is 0 Å². The predicted octanol–water partition coefficient (Wildman–Crippen LogP) is 3.70. The molecule has 0 fully saturated rings. The zero-order chi connectivity index (χ0) is 21.7. The summed E-state index contributed by atoms with van der Waals surface area (Å²) in [4.78, 5) is 28.8. The van der Waals surface area contributed by atoms with E-state index in [9.17, 15) is 9.36 Å². The molecule has 0 bridgehead atoms. The molecule has 28 heavy (non-hydrogen) atoms. The van der Waals surface area contributed by atoms with Gasteiger partial charge in [0.2, 0.25) is 0 Å². The third-order valence-corrected chi connectivity index (χ3v) is 4.40. The molecule has 0 saturated carbocycles. The minimum Gasteiger partial charge on any atom is -0.457 e. The van der Waals surface area contributed by atoms with Gasteiger partial charge in [-0.1, -0.05) is 71.1 Å². The monoisotopic (exact) mass is 428 g/mol. The van der Waals surface area contributed by atoms with Crippen LogP contribution in [0.1, 0.15) is 90.9 Å². The van der Waals surface area contributed by atoms with Crippen molar-refractivity contribution in [2.24, 2.45) is 0 Å². The maximum absolute atomic E-state index is 11.6. The zero-order valence-corrected chi connectivity index (χ0v) is 18.4. The molecule has 0 amide bonds. The zero-order valence-electron chi connectivity index (χ0n) is 17.6. The molecular weight excluding hydrogens is 387 g/mol. The van der Waals surface area contributed by atoms with Crippen molar-refractivity contribution < 1.29 is 38.6 Å². The standard InChI is InChI=1S/C17H35O7P.C2H6O/c1-2-3-4-5-6-7-8-9-10-11-12-13-17(19)24-16(14-18)15-23-25(20,21)22;1-2-3/h16,18H,2-15H2,1H3,(H2,20,21,22);3H,2H2,1H3. The highest BCUT2D eigenvalue weighted by atomic mass is 31.2. The van der Waals surface area contributed by atoms with Crippen LogP contribution in [0.5, 0.6) is 0 Å². The van der Waals surface area contributed by atoms with Gasteiger partial charge in [0.1, 0.15) is 6.10 Å². The SMILES string of the molecule is CCCCCCCCCCCCCC(=O)OC(CO)COP(=O)(O)O.CCO. The molecule has 0 spiro atoms. The Kier molecular flexibility index (Phi) is 22.5. The Morgan fingerprint density at radius 3 is 1.68 bits per heavy atom. The molecule has 8 nitrogen and oxygen atoms in total. The summed E-state index contributed by atoms with van der Waals surface area (Å²) in [5.41, 5.74) is 0. The topological polar surface area (TPSA) is 134 Å². The molecule has 1 atom stereocenters. The van der Waals surface area contributed by atoms with E-state index >= 15 is 0 Å². The van der Waals surface area contributed by atoms with Crippen molar-refractivity contribution in [3.63, 3.8) is 0 Å². The number of hydrogen-bond acceptors (Lipinski definition) is 6. The second kappa shape index (κ2) is 21.2. The lowest BCUT2D eigenvalue weighted by molar-refractivity contribution is -0.153. The maximum Gasteiger partial charge on any atom is 0.469 e. The van der Waals surface area contributed by atoms with Gasteiger partial charge in [0, 0.05) is 13.0 Å². The van der Waals surface area contributed by atoms with Crippen molar-refractivity contribution in [3.05, 3.63) is 0 Å². The number of phosphoric acid groups is 1. The van der Waals surface area contributed by atoms with E-state index in [0.717, 1.165) is 12.8 Å². The molecule has 0 heterocycles. The lowest BCUT2D eigenvalue weighted by atomic mass is 10.1. The minimum atomic E-state index is -4.63. The number of aliphatic hydroxyl groups excluding tert-OH is 2.